The number of nitrogen functional groups attached to an aromatic ring is 1. The van der Waals surface area contributed by atoms with Crippen molar-refractivity contribution in [2.24, 2.45) is 0 Å². The van der Waals surface area contributed by atoms with Crippen LogP contribution in [0, 0.1) is 13.8 Å². The first-order valence-corrected chi connectivity index (χ1v) is 8.84. The normalized spacial score (nSPS) is 10.7. The van der Waals surface area contributed by atoms with Crippen LogP contribution >= 0.6 is 23.1 Å². The van der Waals surface area contributed by atoms with Crippen LogP contribution in [0.15, 0.2) is 34.0 Å². The molecule has 23 heavy (non-hydrogen) atoms. The van der Waals surface area contributed by atoms with Gasteiger partial charge in [0.15, 0.2) is 4.34 Å². The summed E-state index contributed by atoms with van der Waals surface area (Å²) >= 11 is 3.21. The SMILES string of the molecule is Cc1csc(SCc2nc(N)nc(Nc3ccccc3C)n2)n1. The van der Waals surface area contributed by atoms with Gasteiger partial charge in [-0.1, -0.05) is 30.0 Å². The molecule has 0 aliphatic rings. The van der Waals surface area contributed by atoms with E-state index in [9.17, 15) is 0 Å². The van der Waals surface area contributed by atoms with E-state index in [0.29, 0.717) is 17.5 Å². The van der Waals surface area contributed by atoms with Gasteiger partial charge >= 0.3 is 0 Å². The average molecular weight is 344 g/mol. The minimum absolute atomic E-state index is 0.210. The number of rotatable bonds is 5. The minimum Gasteiger partial charge on any atom is -0.368 e. The third-order valence-electron chi connectivity index (χ3n) is 3.01. The summed E-state index contributed by atoms with van der Waals surface area (Å²) in [5, 5.41) is 5.21. The lowest BCUT2D eigenvalue weighted by molar-refractivity contribution is 0.980. The molecule has 0 saturated carbocycles. The summed E-state index contributed by atoms with van der Waals surface area (Å²) in [6.07, 6.45) is 0. The second-order valence-corrected chi connectivity index (χ2v) is 7.00. The Morgan fingerprint density at radius 1 is 1.13 bits per heavy atom. The molecule has 0 unspecified atom stereocenters. The van der Waals surface area contributed by atoms with Gasteiger partial charge in [0, 0.05) is 16.8 Å². The van der Waals surface area contributed by atoms with Gasteiger partial charge in [-0.15, -0.1) is 11.3 Å². The van der Waals surface area contributed by atoms with Crippen LogP contribution in [0.4, 0.5) is 17.6 Å². The number of nitrogens with zero attached hydrogens (tertiary/aromatic N) is 4. The molecule has 2 heterocycles. The fourth-order valence-electron chi connectivity index (χ4n) is 1.92. The molecule has 0 bridgehead atoms. The predicted octanol–water partition coefficient (Wildman–Crippen LogP) is 3.56. The maximum absolute atomic E-state index is 5.80. The third kappa shape index (κ3) is 4.17. The Balaban J connectivity index is 1.75. The lowest BCUT2D eigenvalue weighted by Gasteiger charge is -2.09. The number of nitrogens with one attached hydrogen (secondary N) is 1. The summed E-state index contributed by atoms with van der Waals surface area (Å²) in [5.41, 5.74) is 8.89. The van der Waals surface area contributed by atoms with Crippen molar-refractivity contribution < 1.29 is 0 Å². The summed E-state index contributed by atoms with van der Waals surface area (Å²) in [6.45, 7) is 4.00. The van der Waals surface area contributed by atoms with Crippen LogP contribution in [0.25, 0.3) is 0 Å². The van der Waals surface area contributed by atoms with Gasteiger partial charge in [0.2, 0.25) is 11.9 Å². The summed E-state index contributed by atoms with van der Waals surface area (Å²) in [6, 6.07) is 7.94. The molecule has 6 nitrogen and oxygen atoms in total. The number of aromatic nitrogens is 4. The van der Waals surface area contributed by atoms with E-state index in [4.69, 9.17) is 5.73 Å². The molecule has 0 aliphatic carbocycles. The van der Waals surface area contributed by atoms with Crippen LogP contribution in [0.1, 0.15) is 17.1 Å². The topological polar surface area (TPSA) is 89.6 Å². The van der Waals surface area contributed by atoms with Crippen LogP contribution in [-0.2, 0) is 5.75 Å². The number of hydrogen-bond acceptors (Lipinski definition) is 8. The summed E-state index contributed by atoms with van der Waals surface area (Å²) in [7, 11) is 0. The van der Waals surface area contributed by atoms with Crippen molar-refractivity contribution in [1.82, 2.24) is 19.9 Å². The van der Waals surface area contributed by atoms with E-state index >= 15 is 0 Å². The number of benzene rings is 1. The van der Waals surface area contributed by atoms with Gasteiger partial charge in [-0.05, 0) is 25.5 Å². The van der Waals surface area contributed by atoms with E-state index in [1.54, 1.807) is 23.1 Å². The van der Waals surface area contributed by atoms with Crippen molar-refractivity contribution in [2.75, 3.05) is 11.1 Å². The Morgan fingerprint density at radius 3 is 2.70 bits per heavy atom. The Kier molecular flexibility index (Phi) is 4.73. The summed E-state index contributed by atoms with van der Waals surface area (Å²) in [5.74, 6) is 1.90. The number of thiazole rings is 1. The van der Waals surface area contributed by atoms with E-state index in [1.165, 1.54) is 0 Å². The standard InChI is InChI=1S/C15H16N6S2/c1-9-5-3-4-6-11(9)18-14-20-12(19-13(16)21-14)8-23-15-17-10(2)7-22-15/h3-7H,8H2,1-2H3,(H3,16,18,19,20,21). The first-order chi connectivity index (χ1) is 11.1. The fraction of sp³-hybridized carbons (Fsp3) is 0.200. The molecular weight excluding hydrogens is 328 g/mol. The van der Waals surface area contributed by atoms with Crippen LogP contribution in [0.2, 0.25) is 0 Å². The van der Waals surface area contributed by atoms with Gasteiger partial charge in [-0.25, -0.2) is 4.98 Å². The monoisotopic (exact) mass is 344 g/mol. The number of anilines is 3. The van der Waals surface area contributed by atoms with Crippen molar-refractivity contribution in [3.05, 3.63) is 46.7 Å². The zero-order chi connectivity index (χ0) is 16.2. The molecule has 0 aliphatic heterocycles. The zero-order valence-corrected chi connectivity index (χ0v) is 14.4. The molecule has 1 aromatic carbocycles. The van der Waals surface area contributed by atoms with Gasteiger partial charge in [0.05, 0.1) is 5.75 Å². The van der Waals surface area contributed by atoms with Gasteiger partial charge in [0.25, 0.3) is 0 Å². The smallest absolute Gasteiger partial charge is 0.232 e. The van der Waals surface area contributed by atoms with Gasteiger partial charge < -0.3 is 11.1 Å². The van der Waals surface area contributed by atoms with Gasteiger partial charge in [-0.2, -0.15) is 15.0 Å². The lowest BCUT2D eigenvalue weighted by Crippen LogP contribution is -2.07. The highest BCUT2D eigenvalue weighted by atomic mass is 32.2. The highest BCUT2D eigenvalue weighted by Gasteiger charge is 2.08. The summed E-state index contributed by atoms with van der Waals surface area (Å²) < 4.78 is 0.995. The second-order valence-electron chi connectivity index (χ2n) is 4.92. The Morgan fingerprint density at radius 2 is 1.96 bits per heavy atom. The number of hydrogen-bond donors (Lipinski definition) is 2. The number of aryl methyl sites for hydroxylation is 2. The van der Waals surface area contributed by atoms with Crippen LogP contribution in [0.5, 0.6) is 0 Å². The van der Waals surface area contributed by atoms with Crippen LogP contribution in [0.3, 0.4) is 0 Å². The first kappa shape index (κ1) is 15.7. The molecule has 3 rings (SSSR count). The van der Waals surface area contributed by atoms with E-state index in [0.717, 1.165) is 21.3 Å². The third-order valence-corrected chi connectivity index (χ3v) is 5.15. The zero-order valence-electron chi connectivity index (χ0n) is 12.8. The van der Waals surface area contributed by atoms with E-state index in [2.05, 4.69) is 25.3 Å². The molecule has 0 saturated heterocycles. The van der Waals surface area contributed by atoms with Crippen molar-refractivity contribution in [2.45, 2.75) is 23.9 Å². The Bertz CT molecular complexity index is 817. The first-order valence-electron chi connectivity index (χ1n) is 6.98. The average Bonchev–Trinajstić information content (AvgIpc) is 2.93. The fourth-order valence-corrected chi connectivity index (χ4v) is 3.62. The summed E-state index contributed by atoms with van der Waals surface area (Å²) in [4.78, 5) is 17.2. The molecule has 0 fully saturated rings. The van der Waals surface area contributed by atoms with E-state index < -0.39 is 0 Å². The largest absolute Gasteiger partial charge is 0.368 e. The highest BCUT2D eigenvalue weighted by Crippen LogP contribution is 2.25. The molecule has 2 aromatic heterocycles. The van der Waals surface area contributed by atoms with Gasteiger partial charge in [-0.3, -0.25) is 0 Å². The number of thioether (sulfide) groups is 1. The Labute approximate surface area is 142 Å². The molecule has 8 heteroatoms. The molecule has 3 N–H and O–H groups in total. The second kappa shape index (κ2) is 6.93. The van der Waals surface area contributed by atoms with Crippen LogP contribution < -0.4 is 11.1 Å². The maximum atomic E-state index is 5.80. The Hall–Kier alpha value is -2.19. The highest BCUT2D eigenvalue weighted by molar-refractivity contribution is 8.00. The minimum atomic E-state index is 0.210. The quantitative estimate of drug-likeness (QED) is 0.684. The van der Waals surface area contributed by atoms with Crippen molar-refractivity contribution in [1.29, 1.82) is 0 Å². The maximum Gasteiger partial charge on any atom is 0.232 e. The molecule has 0 spiro atoms. The number of para-hydroxylation sites is 1. The molecule has 3 aromatic rings. The molecule has 0 radical (unpaired) electrons. The van der Waals surface area contributed by atoms with Gasteiger partial charge in [0.1, 0.15) is 5.82 Å². The van der Waals surface area contributed by atoms with E-state index in [1.807, 2.05) is 43.5 Å². The lowest BCUT2D eigenvalue weighted by atomic mass is 10.2. The molecule has 0 amide bonds. The van der Waals surface area contributed by atoms with E-state index in [-0.39, 0.29) is 5.95 Å². The number of nitrogens with two attached hydrogens (primary N) is 1. The van der Waals surface area contributed by atoms with Crippen LogP contribution in [-0.4, -0.2) is 19.9 Å². The van der Waals surface area contributed by atoms with Crippen molar-refractivity contribution >= 4 is 40.7 Å². The molecular formula is C15H16N6S2. The predicted molar refractivity (Wildman–Crippen MR) is 95.1 cm³/mol. The molecule has 0 atom stereocenters. The van der Waals surface area contributed by atoms with Crippen molar-refractivity contribution in [3.8, 4) is 0 Å². The van der Waals surface area contributed by atoms with Crippen molar-refractivity contribution in [3.63, 3.8) is 0 Å². The molecule has 118 valence electrons.